The van der Waals surface area contributed by atoms with Gasteiger partial charge < -0.3 is 11.1 Å². The molecule has 2 fully saturated rings. The largest absolute Gasteiger partial charge is 0.354 e. The summed E-state index contributed by atoms with van der Waals surface area (Å²) >= 11 is 0. The molecule has 2 aliphatic carbocycles. The number of hydrogen-bond acceptors (Lipinski definition) is 2. The van der Waals surface area contributed by atoms with Crippen LogP contribution in [0.15, 0.2) is 12.2 Å². The molecule has 0 aromatic carbocycles. The average Bonchev–Trinajstić information content (AvgIpc) is 3.57. The molecule has 0 aliphatic heterocycles. The van der Waals surface area contributed by atoms with Gasteiger partial charge in [0.05, 0.1) is 5.41 Å². The first-order valence-corrected chi connectivity index (χ1v) is 11.8. The van der Waals surface area contributed by atoms with Gasteiger partial charge in [-0.05, 0) is 63.2 Å². The van der Waals surface area contributed by atoms with E-state index in [2.05, 4.69) is 24.4 Å². The maximum absolute atomic E-state index is 12.5. The third-order valence-corrected chi connectivity index (χ3v) is 6.90. The monoisotopic (exact) mass is 376 g/mol. The Hall–Kier alpha value is -0.830. The van der Waals surface area contributed by atoms with Crippen molar-refractivity contribution in [3.8, 4) is 0 Å². The van der Waals surface area contributed by atoms with E-state index in [1.807, 2.05) is 0 Å². The van der Waals surface area contributed by atoms with E-state index >= 15 is 0 Å². The van der Waals surface area contributed by atoms with Crippen LogP contribution in [0.4, 0.5) is 0 Å². The lowest BCUT2D eigenvalue weighted by atomic mass is 9.80. The number of hydrogen-bond donors (Lipinski definition) is 2. The summed E-state index contributed by atoms with van der Waals surface area (Å²) in [5, 5.41) is 3.06. The highest BCUT2D eigenvalue weighted by Gasteiger charge is 2.68. The Balaban J connectivity index is 1.48. The fourth-order valence-corrected chi connectivity index (χ4v) is 4.78. The smallest absolute Gasteiger partial charge is 0.226 e. The van der Waals surface area contributed by atoms with Crippen molar-refractivity contribution < 1.29 is 4.79 Å². The van der Waals surface area contributed by atoms with Crippen LogP contribution in [-0.4, -0.2) is 19.0 Å². The molecule has 0 spiro atoms. The Morgan fingerprint density at radius 2 is 1.48 bits per heavy atom. The van der Waals surface area contributed by atoms with Crippen molar-refractivity contribution in [1.82, 2.24) is 5.32 Å². The third-order valence-electron chi connectivity index (χ3n) is 6.90. The van der Waals surface area contributed by atoms with Crippen LogP contribution in [0.25, 0.3) is 0 Å². The minimum absolute atomic E-state index is 0.0147. The number of carbonyl (C=O) groups is 1. The molecule has 0 aromatic rings. The van der Waals surface area contributed by atoms with Gasteiger partial charge in [-0.2, -0.15) is 0 Å². The first kappa shape index (κ1) is 22.5. The van der Waals surface area contributed by atoms with Gasteiger partial charge in [0.15, 0.2) is 0 Å². The van der Waals surface area contributed by atoms with E-state index in [1.54, 1.807) is 0 Å². The van der Waals surface area contributed by atoms with Crippen LogP contribution in [0.5, 0.6) is 0 Å². The summed E-state index contributed by atoms with van der Waals surface area (Å²) < 4.78 is 0. The highest BCUT2D eigenvalue weighted by atomic mass is 16.2. The summed E-state index contributed by atoms with van der Waals surface area (Å²) in [6.45, 7) is 3.44. The van der Waals surface area contributed by atoms with Crippen LogP contribution in [0.1, 0.15) is 110 Å². The van der Waals surface area contributed by atoms with Gasteiger partial charge in [-0.1, -0.05) is 64.0 Å². The molecule has 3 heteroatoms. The summed E-state index contributed by atoms with van der Waals surface area (Å²) in [5.41, 5.74) is 5.87. The van der Waals surface area contributed by atoms with Crippen LogP contribution in [-0.2, 0) is 4.79 Å². The quantitative estimate of drug-likeness (QED) is 0.246. The number of amides is 1. The van der Waals surface area contributed by atoms with E-state index < -0.39 is 0 Å². The van der Waals surface area contributed by atoms with E-state index in [4.69, 9.17) is 5.73 Å². The molecular formula is C24H44N2O. The van der Waals surface area contributed by atoms with Gasteiger partial charge in [0.25, 0.3) is 0 Å². The van der Waals surface area contributed by atoms with E-state index in [9.17, 15) is 4.79 Å². The Morgan fingerprint density at radius 3 is 2.04 bits per heavy atom. The lowest BCUT2D eigenvalue weighted by molar-refractivity contribution is -0.129. The fourth-order valence-electron chi connectivity index (χ4n) is 4.78. The summed E-state index contributed by atoms with van der Waals surface area (Å²) in [4.78, 5) is 12.5. The van der Waals surface area contributed by atoms with Gasteiger partial charge in [-0.15, -0.1) is 0 Å². The Kier molecular flexibility index (Phi) is 9.89. The van der Waals surface area contributed by atoms with Gasteiger partial charge >= 0.3 is 0 Å². The second-order valence-corrected chi connectivity index (χ2v) is 9.03. The molecule has 0 unspecified atom stereocenters. The first-order chi connectivity index (χ1) is 13.2. The van der Waals surface area contributed by atoms with Crippen molar-refractivity contribution in [1.29, 1.82) is 0 Å². The topological polar surface area (TPSA) is 55.1 Å². The number of carbonyl (C=O) groups excluding carboxylic acids is 1. The van der Waals surface area contributed by atoms with Crippen LogP contribution in [0.2, 0.25) is 0 Å². The molecule has 0 atom stereocenters. The van der Waals surface area contributed by atoms with Crippen molar-refractivity contribution in [3.05, 3.63) is 12.2 Å². The predicted octanol–water partition coefficient (Wildman–Crippen LogP) is 5.88. The van der Waals surface area contributed by atoms with Gasteiger partial charge in [0.1, 0.15) is 0 Å². The zero-order valence-corrected chi connectivity index (χ0v) is 17.9. The summed E-state index contributed by atoms with van der Waals surface area (Å²) in [7, 11) is 0. The van der Waals surface area contributed by atoms with Crippen molar-refractivity contribution in [2.75, 3.05) is 13.1 Å². The molecule has 0 bridgehead atoms. The van der Waals surface area contributed by atoms with Crippen molar-refractivity contribution >= 4 is 5.91 Å². The summed E-state index contributed by atoms with van der Waals surface area (Å²) in [5.74, 6) is 0.295. The molecule has 156 valence electrons. The van der Waals surface area contributed by atoms with E-state index in [0.29, 0.717) is 24.4 Å². The molecule has 27 heavy (non-hydrogen) atoms. The number of nitrogens with two attached hydrogens (primary N) is 1. The molecule has 1 amide bonds. The highest BCUT2D eigenvalue weighted by molar-refractivity contribution is 5.86. The SMILES string of the molecule is CCCCCCCCC=CCCCCCC1(C2(C(=O)NCCN)CC2)CC1. The molecule has 3 N–H and O–H groups in total. The molecule has 0 heterocycles. The lowest BCUT2D eigenvalue weighted by Gasteiger charge is -2.26. The zero-order valence-electron chi connectivity index (χ0n) is 17.9. The van der Waals surface area contributed by atoms with Gasteiger partial charge in [-0.3, -0.25) is 4.79 Å². The van der Waals surface area contributed by atoms with Gasteiger partial charge in [0.2, 0.25) is 5.91 Å². The molecule has 0 aromatic heterocycles. The Morgan fingerprint density at radius 1 is 0.889 bits per heavy atom. The van der Waals surface area contributed by atoms with E-state index in [0.717, 1.165) is 12.8 Å². The first-order valence-electron chi connectivity index (χ1n) is 11.8. The van der Waals surface area contributed by atoms with E-state index in [1.165, 1.54) is 89.9 Å². The summed E-state index contributed by atoms with van der Waals surface area (Å²) in [6, 6.07) is 0. The van der Waals surface area contributed by atoms with Crippen LogP contribution in [0.3, 0.4) is 0 Å². The molecular weight excluding hydrogens is 332 g/mol. The van der Waals surface area contributed by atoms with Crippen molar-refractivity contribution in [2.24, 2.45) is 16.6 Å². The Bertz CT molecular complexity index is 449. The predicted molar refractivity (Wildman–Crippen MR) is 116 cm³/mol. The van der Waals surface area contributed by atoms with Crippen LogP contribution >= 0.6 is 0 Å². The van der Waals surface area contributed by atoms with Crippen molar-refractivity contribution in [2.45, 2.75) is 110 Å². The fraction of sp³-hybridized carbons (Fsp3) is 0.875. The second kappa shape index (κ2) is 11.9. The highest BCUT2D eigenvalue weighted by Crippen LogP contribution is 2.72. The number of unbranched alkanes of at least 4 members (excludes halogenated alkanes) is 9. The minimum atomic E-state index is -0.0147. The molecule has 0 saturated heterocycles. The van der Waals surface area contributed by atoms with Crippen molar-refractivity contribution in [3.63, 3.8) is 0 Å². The minimum Gasteiger partial charge on any atom is -0.354 e. The third kappa shape index (κ3) is 6.93. The zero-order chi connectivity index (χ0) is 19.4. The molecule has 2 aliphatic rings. The van der Waals surface area contributed by atoms with Gasteiger partial charge in [-0.25, -0.2) is 0 Å². The lowest BCUT2D eigenvalue weighted by Crippen LogP contribution is -2.40. The Labute approximate surface area is 167 Å². The number of allylic oxidation sites excluding steroid dienone is 2. The second-order valence-electron chi connectivity index (χ2n) is 9.03. The normalized spacial score (nSPS) is 19.3. The van der Waals surface area contributed by atoms with Crippen LogP contribution < -0.4 is 11.1 Å². The number of nitrogens with one attached hydrogen (secondary N) is 1. The average molecular weight is 377 g/mol. The maximum Gasteiger partial charge on any atom is 0.226 e. The summed E-state index contributed by atoms with van der Waals surface area (Å²) in [6.07, 6.45) is 25.5. The molecule has 2 saturated carbocycles. The van der Waals surface area contributed by atoms with Crippen LogP contribution in [0, 0.1) is 10.8 Å². The maximum atomic E-state index is 12.5. The van der Waals surface area contributed by atoms with E-state index in [-0.39, 0.29) is 5.41 Å². The molecule has 2 rings (SSSR count). The standard InChI is InChI=1S/C24H44N2O/c1-2-3-4-5-6-7-8-9-10-11-12-13-14-15-23(16-17-23)24(18-19-24)22(27)26-21-20-25/h9-10H,2-8,11-21,25H2,1H3,(H,26,27). The number of rotatable bonds is 17. The van der Waals surface area contributed by atoms with Gasteiger partial charge in [0, 0.05) is 13.1 Å². The molecule has 0 radical (unpaired) electrons. The molecule has 3 nitrogen and oxygen atoms in total.